The van der Waals surface area contributed by atoms with Crippen molar-refractivity contribution in [3.8, 4) is 0 Å². The molecule has 0 aliphatic rings. The van der Waals surface area contributed by atoms with Gasteiger partial charge in [-0.05, 0) is 45.7 Å². The second-order valence-corrected chi connectivity index (χ2v) is 9.94. The van der Waals surface area contributed by atoms with Gasteiger partial charge < -0.3 is 9.64 Å². The molecule has 144 valence electrons. The molecule has 0 saturated heterocycles. The first-order chi connectivity index (χ1) is 12.1. The fourth-order valence-electron chi connectivity index (χ4n) is 2.98. The largest absolute Gasteiger partial charge is 0.377 e. The lowest BCUT2D eigenvalue weighted by Crippen LogP contribution is -2.19. The Kier molecular flexibility index (Phi) is 6.69. The molecule has 0 heterocycles. The van der Waals surface area contributed by atoms with Crippen molar-refractivity contribution >= 4 is 26.3 Å². The van der Waals surface area contributed by atoms with E-state index >= 15 is 0 Å². The molecule has 0 aliphatic heterocycles. The molecule has 0 unspecified atom stereocenters. The smallest absolute Gasteiger partial charge is 0.178 e. The minimum absolute atomic E-state index is 0.140. The zero-order chi connectivity index (χ0) is 19.4. The highest BCUT2D eigenvalue weighted by Crippen LogP contribution is 2.31. The van der Waals surface area contributed by atoms with Gasteiger partial charge >= 0.3 is 0 Å². The quantitative estimate of drug-likeness (QED) is 0.628. The summed E-state index contributed by atoms with van der Waals surface area (Å²) in [6.07, 6.45) is 2.38. The number of hydrogen-bond donors (Lipinski definition) is 0. The predicted octanol–water partition coefficient (Wildman–Crippen LogP) is 4.66. The lowest BCUT2D eigenvalue weighted by atomic mass is 10.1. The van der Waals surface area contributed by atoms with Crippen molar-refractivity contribution in [2.45, 2.75) is 50.5 Å². The van der Waals surface area contributed by atoms with E-state index in [1.54, 1.807) is 6.07 Å². The Morgan fingerprint density at radius 3 is 2.23 bits per heavy atom. The third-order valence-electron chi connectivity index (χ3n) is 4.27. The number of anilines is 1. The molecule has 0 aliphatic carbocycles. The predicted molar refractivity (Wildman–Crippen MR) is 110 cm³/mol. The molecule has 26 heavy (non-hydrogen) atoms. The van der Waals surface area contributed by atoms with Gasteiger partial charge in [0, 0.05) is 37.2 Å². The van der Waals surface area contributed by atoms with Gasteiger partial charge in [-0.25, -0.2) is 8.42 Å². The fraction of sp³-hybridized carbons (Fsp3) is 0.524. The molecule has 4 nitrogen and oxygen atoms in total. The van der Waals surface area contributed by atoms with Crippen LogP contribution in [0.3, 0.4) is 0 Å². The lowest BCUT2D eigenvalue weighted by Gasteiger charge is -2.19. The Bertz CT molecular complexity index is 836. The van der Waals surface area contributed by atoms with Crippen LogP contribution < -0.4 is 4.90 Å². The Morgan fingerprint density at radius 2 is 1.58 bits per heavy atom. The first-order valence-corrected chi connectivity index (χ1v) is 10.8. The number of fused-ring (bicyclic) bond motifs is 1. The molecular weight excluding hydrogens is 346 g/mol. The average Bonchev–Trinajstić information content (AvgIpc) is 2.55. The van der Waals surface area contributed by atoms with Gasteiger partial charge in [-0.1, -0.05) is 30.7 Å². The Labute approximate surface area is 158 Å². The lowest BCUT2D eigenvalue weighted by molar-refractivity contribution is -0.00459. The van der Waals surface area contributed by atoms with Crippen LogP contribution in [0.15, 0.2) is 41.3 Å². The van der Waals surface area contributed by atoms with Gasteiger partial charge in [0.25, 0.3) is 0 Å². The number of ether oxygens (including phenoxy) is 1. The van der Waals surface area contributed by atoms with Crippen molar-refractivity contribution in [3.05, 3.63) is 36.4 Å². The van der Waals surface area contributed by atoms with Gasteiger partial charge in [-0.3, -0.25) is 0 Å². The zero-order valence-corrected chi connectivity index (χ0v) is 17.4. The summed E-state index contributed by atoms with van der Waals surface area (Å²) in [5, 5.41) is 1.77. The SMILES string of the molecule is CN(C)c1cccc2c(S(=O)(=O)CCCCCOC(C)(C)C)cccc12. The highest BCUT2D eigenvalue weighted by molar-refractivity contribution is 7.91. The van der Waals surface area contributed by atoms with E-state index in [2.05, 4.69) is 0 Å². The Hall–Kier alpha value is -1.59. The number of benzene rings is 2. The molecule has 2 aromatic rings. The third kappa shape index (κ3) is 5.45. The molecule has 0 bridgehead atoms. The molecule has 5 heteroatoms. The molecule has 2 rings (SSSR count). The topological polar surface area (TPSA) is 46.6 Å². The van der Waals surface area contributed by atoms with Crippen LogP contribution in [0, 0.1) is 0 Å². The van der Waals surface area contributed by atoms with Crippen LogP contribution in [0.4, 0.5) is 5.69 Å². The average molecular weight is 378 g/mol. The van der Waals surface area contributed by atoms with E-state index in [1.807, 2.05) is 70.1 Å². The van der Waals surface area contributed by atoms with Gasteiger partial charge in [0.05, 0.1) is 16.2 Å². The maximum atomic E-state index is 12.9. The summed E-state index contributed by atoms with van der Waals surface area (Å²) >= 11 is 0. The minimum atomic E-state index is -3.30. The van der Waals surface area contributed by atoms with E-state index in [4.69, 9.17) is 4.74 Å². The summed E-state index contributed by atoms with van der Waals surface area (Å²) in [6, 6.07) is 11.4. The summed E-state index contributed by atoms with van der Waals surface area (Å²) < 4.78 is 31.4. The second-order valence-electron chi connectivity index (χ2n) is 7.86. The highest BCUT2D eigenvalue weighted by atomic mass is 32.2. The zero-order valence-electron chi connectivity index (χ0n) is 16.6. The van der Waals surface area contributed by atoms with Crippen LogP contribution >= 0.6 is 0 Å². The first-order valence-electron chi connectivity index (χ1n) is 9.17. The van der Waals surface area contributed by atoms with Gasteiger partial charge in [0.1, 0.15) is 0 Å². The summed E-state index contributed by atoms with van der Waals surface area (Å²) in [7, 11) is 0.631. The molecule has 0 atom stereocenters. The van der Waals surface area contributed by atoms with Gasteiger partial charge in [0.2, 0.25) is 0 Å². The van der Waals surface area contributed by atoms with E-state index in [1.165, 1.54) is 0 Å². The molecule has 0 aromatic heterocycles. The van der Waals surface area contributed by atoms with Gasteiger partial charge in [0.15, 0.2) is 9.84 Å². The molecule has 0 radical (unpaired) electrons. The molecule has 0 spiro atoms. The van der Waals surface area contributed by atoms with Crippen LogP contribution in [-0.2, 0) is 14.6 Å². The van der Waals surface area contributed by atoms with E-state index in [9.17, 15) is 8.42 Å². The molecule has 0 saturated carbocycles. The Balaban J connectivity index is 2.09. The van der Waals surface area contributed by atoms with E-state index < -0.39 is 9.84 Å². The van der Waals surface area contributed by atoms with Gasteiger partial charge in [-0.15, -0.1) is 0 Å². The van der Waals surface area contributed by atoms with Crippen LogP contribution in [0.1, 0.15) is 40.0 Å². The third-order valence-corrected chi connectivity index (χ3v) is 6.12. The summed E-state index contributed by atoms with van der Waals surface area (Å²) in [6.45, 7) is 6.75. The van der Waals surface area contributed by atoms with Crippen LogP contribution in [0.5, 0.6) is 0 Å². The molecule has 0 fully saturated rings. The highest BCUT2D eigenvalue weighted by Gasteiger charge is 2.18. The summed E-state index contributed by atoms with van der Waals surface area (Å²) in [4.78, 5) is 2.44. The normalized spacial score (nSPS) is 12.5. The van der Waals surface area contributed by atoms with Crippen molar-refractivity contribution in [2.24, 2.45) is 0 Å². The summed E-state index contributed by atoms with van der Waals surface area (Å²) in [5.41, 5.74) is 0.887. The van der Waals surface area contributed by atoms with Crippen molar-refractivity contribution in [1.82, 2.24) is 0 Å². The number of rotatable bonds is 8. The monoisotopic (exact) mass is 377 g/mol. The van der Waals surface area contributed by atoms with Crippen LogP contribution in [0.25, 0.3) is 10.8 Å². The molecule has 0 N–H and O–H groups in total. The van der Waals surface area contributed by atoms with Crippen molar-refractivity contribution in [3.63, 3.8) is 0 Å². The van der Waals surface area contributed by atoms with Crippen molar-refractivity contribution in [2.75, 3.05) is 31.4 Å². The van der Waals surface area contributed by atoms with Crippen LogP contribution in [0.2, 0.25) is 0 Å². The van der Waals surface area contributed by atoms with E-state index in [0.717, 1.165) is 29.3 Å². The molecule has 0 amide bonds. The van der Waals surface area contributed by atoms with E-state index in [0.29, 0.717) is 17.9 Å². The first kappa shape index (κ1) is 20.7. The standard InChI is InChI=1S/C21H31NO3S/c1-21(2,3)25-15-7-6-8-16-26(23,24)20-14-10-11-17-18(20)12-9-13-19(17)22(4)5/h9-14H,6-8,15-16H2,1-5H3. The fourth-order valence-corrected chi connectivity index (χ4v) is 4.59. The number of sulfone groups is 1. The molecule has 2 aromatic carbocycles. The maximum absolute atomic E-state index is 12.9. The van der Waals surface area contributed by atoms with Crippen LogP contribution in [-0.4, -0.2) is 40.5 Å². The number of unbranched alkanes of at least 4 members (excludes halogenated alkanes) is 2. The minimum Gasteiger partial charge on any atom is -0.377 e. The second kappa shape index (κ2) is 8.40. The Morgan fingerprint density at radius 1 is 0.923 bits per heavy atom. The molecular formula is C21H31NO3S. The number of hydrogen-bond acceptors (Lipinski definition) is 4. The van der Waals surface area contributed by atoms with E-state index in [-0.39, 0.29) is 11.4 Å². The number of nitrogens with zero attached hydrogens (tertiary/aromatic N) is 1. The van der Waals surface area contributed by atoms with Crippen molar-refractivity contribution < 1.29 is 13.2 Å². The summed E-state index contributed by atoms with van der Waals surface area (Å²) in [5.74, 6) is 0.174. The maximum Gasteiger partial charge on any atom is 0.178 e. The van der Waals surface area contributed by atoms with Crippen molar-refractivity contribution in [1.29, 1.82) is 0 Å². The van der Waals surface area contributed by atoms with Gasteiger partial charge in [-0.2, -0.15) is 0 Å².